The molecule has 0 aromatic heterocycles. The van der Waals surface area contributed by atoms with Gasteiger partial charge in [0.2, 0.25) is 17.7 Å². The molecule has 2 fully saturated rings. The van der Waals surface area contributed by atoms with Crippen LogP contribution >= 0.6 is 0 Å². The summed E-state index contributed by atoms with van der Waals surface area (Å²) in [5.74, 6) is -1.38. The molecule has 1 atom stereocenters. The molecule has 1 aromatic carbocycles. The summed E-state index contributed by atoms with van der Waals surface area (Å²) < 4.78 is 39.9. The predicted octanol–water partition coefficient (Wildman–Crippen LogP) is 2.67. The van der Waals surface area contributed by atoms with E-state index in [9.17, 15) is 27.6 Å². The van der Waals surface area contributed by atoms with E-state index in [4.69, 9.17) is 0 Å². The molecule has 1 aromatic rings. The van der Waals surface area contributed by atoms with E-state index in [0.717, 1.165) is 30.0 Å². The molecule has 0 aliphatic carbocycles. The Hall–Kier alpha value is -2.42. The van der Waals surface area contributed by atoms with Crippen LogP contribution in [0, 0.1) is 0 Å². The van der Waals surface area contributed by atoms with Crippen LogP contribution in [0.4, 0.5) is 13.2 Å². The minimum atomic E-state index is -4.59. The molecule has 2 aliphatic heterocycles. The molecule has 2 aliphatic rings. The summed E-state index contributed by atoms with van der Waals surface area (Å²) in [7, 11) is 0. The molecule has 0 bridgehead atoms. The third-order valence-electron chi connectivity index (χ3n) is 6.19. The van der Waals surface area contributed by atoms with Crippen molar-refractivity contribution in [1.82, 2.24) is 14.7 Å². The van der Waals surface area contributed by atoms with Gasteiger partial charge in [0.15, 0.2) is 0 Å². The number of rotatable bonds is 6. The summed E-state index contributed by atoms with van der Waals surface area (Å²) in [4.78, 5) is 43.8. The first-order chi connectivity index (χ1) is 14.6. The lowest BCUT2D eigenvalue weighted by molar-refractivity contribution is -0.143. The third-order valence-corrected chi connectivity index (χ3v) is 6.19. The largest absolute Gasteiger partial charge is 0.416 e. The molecular formula is C22H28F3N3O3. The van der Waals surface area contributed by atoms with Crippen molar-refractivity contribution < 1.29 is 27.6 Å². The summed E-state index contributed by atoms with van der Waals surface area (Å²) >= 11 is 0. The number of piperazine rings is 1. The van der Waals surface area contributed by atoms with Crippen molar-refractivity contribution >= 4 is 17.7 Å². The number of hydrogen-bond acceptors (Lipinski definition) is 4. The fourth-order valence-electron chi connectivity index (χ4n) is 4.49. The van der Waals surface area contributed by atoms with Gasteiger partial charge in [0, 0.05) is 45.6 Å². The van der Waals surface area contributed by atoms with Crippen LogP contribution in [-0.4, -0.2) is 71.7 Å². The molecule has 0 saturated carbocycles. The van der Waals surface area contributed by atoms with Crippen molar-refractivity contribution in [3.63, 3.8) is 0 Å². The maximum absolute atomic E-state index is 13.3. The Morgan fingerprint density at radius 2 is 1.77 bits per heavy atom. The highest BCUT2D eigenvalue weighted by atomic mass is 19.4. The molecule has 3 amide bonds. The number of carbonyl (C=O) groups is 3. The topological polar surface area (TPSA) is 60.9 Å². The summed E-state index contributed by atoms with van der Waals surface area (Å²) in [6.07, 6.45) is -4.20. The molecule has 0 spiro atoms. The van der Waals surface area contributed by atoms with Gasteiger partial charge >= 0.3 is 6.18 Å². The van der Waals surface area contributed by atoms with Crippen LogP contribution in [0.15, 0.2) is 24.3 Å². The summed E-state index contributed by atoms with van der Waals surface area (Å²) in [6, 6.07) is 4.45. The maximum atomic E-state index is 13.3. The Bertz CT molecular complexity index is 850. The summed E-state index contributed by atoms with van der Waals surface area (Å²) in [5.41, 5.74) is -2.44. The number of nitrogens with zero attached hydrogens (tertiary/aromatic N) is 3. The Labute approximate surface area is 180 Å². The first kappa shape index (κ1) is 23.2. The number of carbonyl (C=O) groups excluding carboxylic acids is 3. The number of hydrogen-bond donors (Lipinski definition) is 0. The number of halogens is 3. The maximum Gasteiger partial charge on any atom is 0.416 e. The minimum Gasteiger partial charge on any atom is -0.340 e. The second-order valence-electron chi connectivity index (χ2n) is 8.18. The van der Waals surface area contributed by atoms with Crippen molar-refractivity contribution in [2.45, 2.75) is 44.7 Å². The second kappa shape index (κ2) is 8.98. The van der Waals surface area contributed by atoms with Crippen LogP contribution in [-0.2, 0) is 26.0 Å². The van der Waals surface area contributed by atoms with E-state index in [1.54, 1.807) is 11.8 Å². The molecule has 0 unspecified atom stereocenters. The molecule has 9 heteroatoms. The number of amides is 3. The monoisotopic (exact) mass is 439 g/mol. The van der Waals surface area contributed by atoms with E-state index in [1.165, 1.54) is 12.1 Å². The van der Waals surface area contributed by atoms with E-state index in [2.05, 4.69) is 11.8 Å². The minimum absolute atomic E-state index is 0.0644. The van der Waals surface area contributed by atoms with Gasteiger partial charge in [-0.15, -0.1) is 0 Å². The lowest BCUT2D eigenvalue weighted by Gasteiger charge is -2.36. The molecule has 2 saturated heterocycles. The standard InChI is InChI=1S/C22H28F3N3O3/c1-3-8-26-9-11-27(12-10-26)18(29)14-21(15-19(30)28(4-2)20(21)31)16-6-5-7-17(13-16)22(23,24)25/h5-7,13H,3-4,8-12,14-15H2,1-2H3/t21-/m0/s1. The Morgan fingerprint density at radius 1 is 1.10 bits per heavy atom. The number of likely N-dealkylation sites (N-methyl/N-ethyl adjacent to an activating group) is 1. The average Bonchev–Trinajstić information content (AvgIpc) is 2.98. The van der Waals surface area contributed by atoms with E-state index in [-0.39, 0.29) is 30.9 Å². The van der Waals surface area contributed by atoms with Gasteiger partial charge < -0.3 is 4.90 Å². The van der Waals surface area contributed by atoms with Gasteiger partial charge in [-0.05, 0) is 31.5 Å². The van der Waals surface area contributed by atoms with E-state index in [0.29, 0.717) is 26.2 Å². The molecular weight excluding hydrogens is 411 g/mol. The number of likely N-dealkylation sites (tertiary alicyclic amines) is 1. The molecule has 0 N–H and O–H groups in total. The van der Waals surface area contributed by atoms with Crippen LogP contribution in [0.1, 0.15) is 44.2 Å². The van der Waals surface area contributed by atoms with Gasteiger partial charge in [-0.25, -0.2) is 0 Å². The van der Waals surface area contributed by atoms with Crippen LogP contribution in [0.5, 0.6) is 0 Å². The highest BCUT2D eigenvalue weighted by molar-refractivity contribution is 6.10. The van der Waals surface area contributed by atoms with Gasteiger partial charge in [0.25, 0.3) is 0 Å². The number of imide groups is 1. The van der Waals surface area contributed by atoms with Crippen LogP contribution in [0.2, 0.25) is 0 Å². The number of benzene rings is 1. The van der Waals surface area contributed by atoms with Gasteiger partial charge in [-0.3, -0.25) is 24.2 Å². The van der Waals surface area contributed by atoms with Crippen LogP contribution < -0.4 is 0 Å². The Morgan fingerprint density at radius 3 is 2.32 bits per heavy atom. The fraction of sp³-hybridized carbons (Fsp3) is 0.591. The van der Waals surface area contributed by atoms with Gasteiger partial charge in [-0.2, -0.15) is 13.2 Å². The van der Waals surface area contributed by atoms with Crippen LogP contribution in [0.25, 0.3) is 0 Å². The van der Waals surface area contributed by atoms with Crippen molar-refractivity contribution in [1.29, 1.82) is 0 Å². The normalized spacial score (nSPS) is 23.0. The van der Waals surface area contributed by atoms with E-state index >= 15 is 0 Å². The van der Waals surface area contributed by atoms with Gasteiger partial charge in [0.05, 0.1) is 11.0 Å². The third kappa shape index (κ3) is 4.61. The Balaban J connectivity index is 1.91. The molecule has 3 rings (SSSR count). The second-order valence-corrected chi connectivity index (χ2v) is 8.18. The quantitative estimate of drug-likeness (QED) is 0.640. The lowest BCUT2D eigenvalue weighted by atomic mass is 9.75. The van der Waals surface area contributed by atoms with Crippen molar-refractivity contribution in [2.24, 2.45) is 0 Å². The zero-order valence-corrected chi connectivity index (χ0v) is 17.9. The zero-order chi connectivity index (χ0) is 22.8. The van der Waals surface area contributed by atoms with Crippen molar-refractivity contribution in [3.05, 3.63) is 35.4 Å². The molecule has 31 heavy (non-hydrogen) atoms. The molecule has 170 valence electrons. The first-order valence-electron chi connectivity index (χ1n) is 10.6. The van der Waals surface area contributed by atoms with E-state index in [1.807, 2.05) is 0 Å². The Kier molecular flexibility index (Phi) is 6.73. The highest BCUT2D eigenvalue weighted by Gasteiger charge is 2.54. The van der Waals surface area contributed by atoms with E-state index < -0.39 is 29.0 Å². The SMILES string of the molecule is CCCN1CCN(C(=O)C[C@@]2(c3cccc(C(F)(F)F)c3)CC(=O)N(CC)C2=O)CC1. The van der Waals surface area contributed by atoms with Crippen molar-refractivity contribution in [3.8, 4) is 0 Å². The average molecular weight is 439 g/mol. The summed E-state index contributed by atoms with van der Waals surface area (Å²) in [6.45, 7) is 7.19. The molecule has 6 nitrogen and oxygen atoms in total. The zero-order valence-electron chi connectivity index (χ0n) is 17.9. The molecule has 0 radical (unpaired) electrons. The molecule has 2 heterocycles. The smallest absolute Gasteiger partial charge is 0.340 e. The van der Waals surface area contributed by atoms with Crippen molar-refractivity contribution in [2.75, 3.05) is 39.3 Å². The summed E-state index contributed by atoms with van der Waals surface area (Å²) in [5, 5.41) is 0. The van der Waals surface area contributed by atoms with Crippen LogP contribution in [0.3, 0.4) is 0 Å². The first-order valence-corrected chi connectivity index (χ1v) is 10.6. The number of alkyl halides is 3. The van der Waals surface area contributed by atoms with Gasteiger partial charge in [0.1, 0.15) is 0 Å². The predicted molar refractivity (Wildman–Crippen MR) is 108 cm³/mol. The lowest BCUT2D eigenvalue weighted by Crippen LogP contribution is -2.51. The van der Waals surface area contributed by atoms with Gasteiger partial charge in [-0.1, -0.05) is 25.1 Å². The fourth-order valence-corrected chi connectivity index (χ4v) is 4.49. The highest BCUT2D eigenvalue weighted by Crippen LogP contribution is 2.42.